The highest BCUT2D eigenvalue weighted by atomic mass is 16.2. The lowest BCUT2D eigenvalue weighted by Gasteiger charge is -2.20. The summed E-state index contributed by atoms with van der Waals surface area (Å²) in [6.07, 6.45) is 8.40. The molecule has 1 aromatic heterocycles. The largest absolute Gasteiger partial charge is 0.339 e. The molecular formula is C21H25N3O2. The molecule has 26 heavy (non-hydrogen) atoms. The topological polar surface area (TPSA) is 62.3 Å². The highest BCUT2D eigenvalue weighted by Crippen LogP contribution is 2.15. The highest BCUT2D eigenvalue weighted by Gasteiger charge is 2.19. The van der Waals surface area contributed by atoms with Gasteiger partial charge in [-0.2, -0.15) is 0 Å². The van der Waals surface area contributed by atoms with Gasteiger partial charge >= 0.3 is 0 Å². The summed E-state index contributed by atoms with van der Waals surface area (Å²) in [4.78, 5) is 31.2. The van der Waals surface area contributed by atoms with E-state index in [0.717, 1.165) is 38.0 Å². The van der Waals surface area contributed by atoms with Crippen LogP contribution < -0.4 is 5.32 Å². The standard InChI is InChI=1S/C21H25N3O2/c1-2-16-7-9-19(10-8-16)23-20(25)17-13-18(15-22-14-17)21(26)24-11-5-3-4-6-12-24/h7-10,13-15H,2-6,11-12H2,1H3,(H,23,25). The Morgan fingerprint density at radius 3 is 2.31 bits per heavy atom. The van der Waals surface area contributed by atoms with Gasteiger partial charge in [-0.15, -0.1) is 0 Å². The molecule has 1 fully saturated rings. The third-order valence-corrected chi connectivity index (χ3v) is 4.76. The van der Waals surface area contributed by atoms with Crippen molar-refractivity contribution in [3.63, 3.8) is 0 Å². The number of anilines is 1. The number of carbonyl (C=O) groups is 2. The molecular weight excluding hydrogens is 326 g/mol. The van der Waals surface area contributed by atoms with E-state index in [-0.39, 0.29) is 11.8 Å². The van der Waals surface area contributed by atoms with Crippen LogP contribution in [0.15, 0.2) is 42.7 Å². The van der Waals surface area contributed by atoms with Gasteiger partial charge in [0.2, 0.25) is 0 Å². The smallest absolute Gasteiger partial charge is 0.257 e. The van der Waals surface area contributed by atoms with Crippen LogP contribution in [0, 0.1) is 0 Å². The van der Waals surface area contributed by atoms with Crippen LogP contribution in [0.4, 0.5) is 5.69 Å². The SMILES string of the molecule is CCc1ccc(NC(=O)c2cncc(C(=O)N3CCCCCC3)c2)cc1. The molecule has 2 aromatic rings. The lowest BCUT2D eigenvalue weighted by Crippen LogP contribution is -2.32. The van der Waals surface area contributed by atoms with Crippen molar-refractivity contribution in [2.75, 3.05) is 18.4 Å². The maximum Gasteiger partial charge on any atom is 0.257 e. The van der Waals surface area contributed by atoms with E-state index < -0.39 is 0 Å². The predicted octanol–water partition coefficient (Wildman–Crippen LogP) is 3.91. The quantitative estimate of drug-likeness (QED) is 0.908. The van der Waals surface area contributed by atoms with Crippen LogP contribution in [0.3, 0.4) is 0 Å². The van der Waals surface area contributed by atoms with Crippen molar-refractivity contribution in [2.24, 2.45) is 0 Å². The molecule has 1 N–H and O–H groups in total. The predicted molar refractivity (Wildman–Crippen MR) is 102 cm³/mol. The molecule has 0 unspecified atom stereocenters. The van der Waals surface area contributed by atoms with Crippen molar-refractivity contribution in [1.29, 1.82) is 0 Å². The fraction of sp³-hybridized carbons (Fsp3) is 0.381. The Morgan fingerprint density at radius 2 is 1.65 bits per heavy atom. The summed E-state index contributed by atoms with van der Waals surface area (Å²) < 4.78 is 0. The molecule has 0 aliphatic carbocycles. The molecule has 1 aliphatic rings. The summed E-state index contributed by atoms with van der Waals surface area (Å²) in [5, 5.41) is 2.86. The van der Waals surface area contributed by atoms with Crippen molar-refractivity contribution in [1.82, 2.24) is 9.88 Å². The first-order chi connectivity index (χ1) is 12.7. The van der Waals surface area contributed by atoms with Gasteiger partial charge in [0.25, 0.3) is 11.8 Å². The zero-order chi connectivity index (χ0) is 18.4. The molecule has 0 saturated carbocycles. The summed E-state index contributed by atoms with van der Waals surface area (Å²) in [6.45, 7) is 3.64. The number of hydrogen-bond donors (Lipinski definition) is 1. The zero-order valence-corrected chi connectivity index (χ0v) is 15.2. The van der Waals surface area contributed by atoms with Gasteiger partial charge in [-0.05, 0) is 43.0 Å². The minimum Gasteiger partial charge on any atom is -0.339 e. The minimum absolute atomic E-state index is 0.0404. The summed E-state index contributed by atoms with van der Waals surface area (Å²) in [6, 6.07) is 9.39. The molecule has 1 aromatic carbocycles. The second-order valence-corrected chi connectivity index (χ2v) is 6.67. The highest BCUT2D eigenvalue weighted by molar-refractivity contribution is 6.05. The van der Waals surface area contributed by atoms with Crippen molar-refractivity contribution in [3.8, 4) is 0 Å². The summed E-state index contributed by atoms with van der Waals surface area (Å²) in [5.74, 6) is -0.298. The second-order valence-electron chi connectivity index (χ2n) is 6.67. The van der Waals surface area contributed by atoms with Crippen LogP contribution in [-0.4, -0.2) is 34.8 Å². The summed E-state index contributed by atoms with van der Waals surface area (Å²) in [7, 11) is 0. The number of rotatable bonds is 4. The Labute approximate surface area is 154 Å². The van der Waals surface area contributed by atoms with E-state index in [0.29, 0.717) is 11.1 Å². The van der Waals surface area contributed by atoms with Crippen molar-refractivity contribution in [3.05, 3.63) is 59.4 Å². The van der Waals surface area contributed by atoms with Gasteiger partial charge in [0, 0.05) is 31.2 Å². The van der Waals surface area contributed by atoms with E-state index in [1.807, 2.05) is 29.2 Å². The van der Waals surface area contributed by atoms with Crippen LogP contribution in [0.2, 0.25) is 0 Å². The molecule has 5 nitrogen and oxygen atoms in total. The van der Waals surface area contributed by atoms with Crippen LogP contribution in [0.25, 0.3) is 0 Å². The van der Waals surface area contributed by atoms with E-state index in [1.165, 1.54) is 24.6 Å². The van der Waals surface area contributed by atoms with E-state index >= 15 is 0 Å². The lowest BCUT2D eigenvalue weighted by molar-refractivity contribution is 0.0761. The monoisotopic (exact) mass is 351 g/mol. The normalized spacial score (nSPS) is 14.6. The summed E-state index contributed by atoms with van der Waals surface area (Å²) >= 11 is 0. The Morgan fingerprint density at radius 1 is 1.00 bits per heavy atom. The number of carbonyl (C=O) groups excluding carboxylic acids is 2. The Bertz CT molecular complexity index is 763. The van der Waals surface area contributed by atoms with Gasteiger partial charge in [0.1, 0.15) is 0 Å². The maximum atomic E-state index is 12.7. The Hall–Kier alpha value is -2.69. The van der Waals surface area contributed by atoms with E-state index in [1.54, 1.807) is 12.3 Å². The van der Waals surface area contributed by atoms with Crippen LogP contribution in [0.1, 0.15) is 58.9 Å². The number of aromatic nitrogens is 1. The molecule has 1 aliphatic heterocycles. The van der Waals surface area contributed by atoms with E-state index in [9.17, 15) is 9.59 Å². The second kappa shape index (κ2) is 8.61. The molecule has 3 rings (SSSR count). The number of nitrogens with one attached hydrogen (secondary N) is 1. The van der Waals surface area contributed by atoms with Gasteiger partial charge in [0.15, 0.2) is 0 Å². The average Bonchev–Trinajstić information content (AvgIpc) is 2.97. The van der Waals surface area contributed by atoms with E-state index in [2.05, 4.69) is 17.2 Å². The van der Waals surface area contributed by atoms with Gasteiger partial charge < -0.3 is 10.2 Å². The van der Waals surface area contributed by atoms with Crippen LogP contribution in [-0.2, 0) is 6.42 Å². The number of amides is 2. The molecule has 136 valence electrons. The maximum absolute atomic E-state index is 12.7. The lowest BCUT2D eigenvalue weighted by atomic mass is 10.1. The average molecular weight is 351 g/mol. The van der Waals surface area contributed by atoms with Crippen LogP contribution in [0.5, 0.6) is 0 Å². The first-order valence-corrected chi connectivity index (χ1v) is 9.32. The fourth-order valence-corrected chi connectivity index (χ4v) is 3.16. The van der Waals surface area contributed by atoms with Crippen molar-refractivity contribution >= 4 is 17.5 Å². The first-order valence-electron chi connectivity index (χ1n) is 9.32. The molecule has 2 amide bonds. The number of likely N-dealkylation sites (tertiary alicyclic amines) is 1. The number of aryl methyl sites for hydroxylation is 1. The first kappa shape index (κ1) is 18.1. The molecule has 5 heteroatoms. The number of nitrogens with zero attached hydrogens (tertiary/aromatic N) is 2. The van der Waals surface area contributed by atoms with Gasteiger partial charge in [-0.25, -0.2) is 0 Å². The van der Waals surface area contributed by atoms with Crippen LogP contribution >= 0.6 is 0 Å². The van der Waals surface area contributed by atoms with Crippen molar-refractivity contribution < 1.29 is 9.59 Å². The zero-order valence-electron chi connectivity index (χ0n) is 15.2. The molecule has 0 bridgehead atoms. The molecule has 1 saturated heterocycles. The number of pyridine rings is 1. The van der Waals surface area contributed by atoms with Gasteiger partial charge in [0.05, 0.1) is 11.1 Å². The molecule has 0 spiro atoms. The Balaban J connectivity index is 1.71. The minimum atomic E-state index is -0.257. The fourth-order valence-electron chi connectivity index (χ4n) is 3.16. The third-order valence-electron chi connectivity index (χ3n) is 4.76. The summed E-state index contributed by atoms with van der Waals surface area (Å²) in [5.41, 5.74) is 2.82. The molecule has 0 radical (unpaired) electrons. The Kier molecular flexibility index (Phi) is 6.00. The van der Waals surface area contributed by atoms with E-state index in [4.69, 9.17) is 0 Å². The number of benzene rings is 1. The number of hydrogen-bond acceptors (Lipinski definition) is 3. The molecule has 2 heterocycles. The van der Waals surface area contributed by atoms with Gasteiger partial charge in [-0.3, -0.25) is 14.6 Å². The molecule has 0 atom stereocenters. The van der Waals surface area contributed by atoms with Gasteiger partial charge in [-0.1, -0.05) is 31.9 Å². The van der Waals surface area contributed by atoms with Crippen molar-refractivity contribution in [2.45, 2.75) is 39.0 Å². The third kappa shape index (κ3) is 4.48.